The number of piperazine rings is 1. The van der Waals surface area contributed by atoms with Crippen LogP contribution in [-0.4, -0.2) is 36.5 Å². The van der Waals surface area contributed by atoms with Crippen molar-refractivity contribution in [2.45, 2.75) is 25.8 Å². The molecule has 0 saturated carbocycles. The summed E-state index contributed by atoms with van der Waals surface area (Å²) < 4.78 is 0. The molecule has 1 aliphatic carbocycles. The first-order valence-electron chi connectivity index (χ1n) is 5.45. The van der Waals surface area contributed by atoms with Crippen molar-refractivity contribution in [3.05, 3.63) is 12.2 Å². The van der Waals surface area contributed by atoms with Crippen molar-refractivity contribution in [1.82, 2.24) is 10.2 Å². The number of carbonyl (C=O) groups excluding carboxylic acids is 1. The largest absolute Gasteiger partial charge is 0.337 e. The maximum Gasteiger partial charge on any atom is 0.226 e. The number of carbonyl (C=O) groups is 1. The summed E-state index contributed by atoms with van der Waals surface area (Å²) in [6.45, 7) is 4.87. The van der Waals surface area contributed by atoms with E-state index in [2.05, 4.69) is 24.4 Å². The zero-order valence-corrected chi connectivity index (χ0v) is 8.70. The lowest BCUT2D eigenvalue weighted by Gasteiger charge is -2.35. The van der Waals surface area contributed by atoms with Crippen LogP contribution in [-0.2, 0) is 4.79 Å². The van der Waals surface area contributed by atoms with Gasteiger partial charge in [0.1, 0.15) is 0 Å². The Balaban J connectivity index is 1.95. The van der Waals surface area contributed by atoms with E-state index in [1.165, 1.54) is 0 Å². The molecular formula is C11H18N2O. The lowest BCUT2D eigenvalue weighted by Crippen LogP contribution is -2.53. The number of allylic oxidation sites excluding steroid dienone is 2. The SMILES string of the molecule is C[C@H]1CNCCN1C(=O)C1CC=CC1. The first-order chi connectivity index (χ1) is 6.79. The summed E-state index contributed by atoms with van der Waals surface area (Å²) in [6, 6.07) is 0.358. The van der Waals surface area contributed by atoms with Gasteiger partial charge in [0.15, 0.2) is 0 Å². The Kier molecular flexibility index (Phi) is 2.87. The molecule has 0 bridgehead atoms. The van der Waals surface area contributed by atoms with Gasteiger partial charge in [-0.2, -0.15) is 0 Å². The van der Waals surface area contributed by atoms with E-state index in [1.807, 2.05) is 4.90 Å². The van der Waals surface area contributed by atoms with Crippen LogP contribution in [0.2, 0.25) is 0 Å². The van der Waals surface area contributed by atoms with Crippen LogP contribution in [0.25, 0.3) is 0 Å². The maximum absolute atomic E-state index is 12.1. The van der Waals surface area contributed by atoms with Gasteiger partial charge in [-0.3, -0.25) is 4.79 Å². The van der Waals surface area contributed by atoms with Crippen molar-refractivity contribution in [2.24, 2.45) is 5.92 Å². The molecule has 1 fully saturated rings. The Bertz CT molecular complexity index is 242. The maximum atomic E-state index is 12.1. The van der Waals surface area contributed by atoms with Crippen molar-refractivity contribution in [1.29, 1.82) is 0 Å². The average Bonchev–Trinajstić information content (AvgIpc) is 2.70. The normalized spacial score (nSPS) is 28.4. The molecule has 0 aromatic rings. The number of hydrogen-bond acceptors (Lipinski definition) is 2. The zero-order chi connectivity index (χ0) is 9.97. The van der Waals surface area contributed by atoms with Crippen molar-refractivity contribution in [2.75, 3.05) is 19.6 Å². The van der Waals surface area contributed by atoms with Crippen molar-refractivity contribution < 1.29 is 4.79 Å². The number of hydrogen-bond donors (Lipinski definition) is 1. The van der Waals surface area contributed by atoms with E-state index in [1.54, 1.807) is 0 Å². The Morgan fingerprint density at radius 1 is 1.43 bits per heavy atom. The van der Waals surface area contributed by atoms with Gasteiger partial charge in [-0.1, -0.05) is 12.2 Å². The number of nitrogens with one attached hydrogen (secondary N) is 1. The Labute approximate surface area is 85.2 Å². The standard InChI is InChI=1S/C11H18N2O/c1-9-8-12-6-7-13(9)11(14)10-4-2-3-5-10/h2-3,9-10,12H,4-8H2,1H3/t9-/m0/s1. The molecule has 1 aliphatic heterocycles. The van der Waals surface area contributed by atoms with Gasteiger partial charge in [0, 0.05) is 31.6 Å². The average molecular weight is 194 g/mol. The van der Waals surface area contributed by atoms with Crippen LogP contribution in [0.4, 0.5) is 0 Å². The van der Waals surface area contributed by atoms with Crippen LogP contribution >= 0.6 is 0 Å². The van der Waals surface area contributed by atoms with E-state index in [9.17, 15) is 4.79 Å². The second-order valence-corrected chi connectivity index (χ2v) is 4.22. The van der Waals surface area contributed by atoms with Crippen LogP contribution in [0.15, 0.2) is 12.2 Å². The first-order valence-corrected chi connectivity index (χ1v) is 5.45. The molecule has 0 unspecified atom stereocenters. The van der Waals surface area contributed by atoms with Crippen LogP contribution < -0.4 is 5.32 Å². The third kappa shape index (κ3) is 1.82. The van der Waals surface area contributed by atoms with E-state index in [-0.39, 0.29) is 5.92 Å². The molecule has 0 spiro atoms. The minimum atomic E-state index is 0.232. The number of rotatable bonds is 1. The highest BCUT2D eigenvalue weighted by Crippen LogP contribution is 2.21. The number of nitrogens with zero attached hydrogens (tertiary/aromatic N) is 1. The van der Waals surface area contributed by atoms with Gasteiger partial charge >= 0.3 is 0 Å². The lowest BCUT2D eigenvalue weighted by molar-refractivity contribution is -0.138. The third-order valence-corrected chi connectivity index (χ3v) is 3.14. The number of amides is 1. The van der Waals surface area contributed by atoms with Crippen LogP contribution in [0.3, 0.4) is 0 Å². The quantitative estimate of drug-likeness (QED) is 0.625. The summed E-state index contributed by atoms with van der Waals surface area (Å²) in [5, 5.41) is 3.30. The van der Waals surface area contributed by atoms with Gasteiger partial charge in [-0.25, -0.2) is 0 Å². The van der Waals surface area contributed by atoms with Crippen molar-refractivity contribution in [3.8, 4) is 0 Å². The predicted molar refractivity (Wildman–Crippen MR) is 55.9 cm³/mol. The Hall–Kier alpha value is -0.830. The minimum Gasteiger partial charge on any atom is -0.337 e. The monoisotopic (exact) mass is 194 g/mol. The van der Waals surface area contributed by atoms with Crippen molar-refractivity contribution >= 4 is 5.91 Å². The van der Waals surface area contributed by atoms with E-state index >= 15 is 0 Å². The summed E-state index contributed by atoms with van der Waals surface area (Å²) in [5.41, 5.74) is 0. The van der Waals surface area contributed by atoms with Crippen molar-refractivity contribution in [3.63, 3.8) is 0 Å². The molecule has 0 aromatic carbocycles. The summed E-state index contributed by atoms with van der Waals surface area (Å²) in [7, 11) is 0. The molecule has 0 aromatic heterocycles. The van der Waals surface area contributed by atoms with Gasteiger partial charge in [-0.15, -0.1) is 0 Å². The van der Waals surface area contributed by atoms with Crippen LogP contribution in [0.1, 0.15) is 19.8 Å². The molecule has 1 amide bonds. The van der Waals surface area contributed by atoms with E-state index in [0.29, 0.717) is 11.9 Å². The van der Waals surface area contributed by atoms with Crippen LogP contribution in [0.5, 0.6) is 0 Å². The molecule has 2 rings (SSSR count). The fraction of sp³-hybridized carbons (Fsp3) is 0.727. The van der Waals surface area contributed by atoms with E-state index in [0.717, 1.165) is 32.5 Å². The molecule has 14 heavy (non-hydrogen) atoms. The molecule has 2 aliphatic rings. The topological polar surface area (TPSA) is 32.3 Å². The second-order valence-electron chi connectivity index (χ2n) is 4.22. The van der Waals surface area contributed by atoms with Gasteiger partial charge in [0.2, 0.25) is 5.91 Å². The summed E-state index contributed by atoms with van der Waals surface area (Å²) in [4.78, 5) is 14.1. The zero-order valence-electron chi connectivity index (χ0n) is 8.70. The summed E-state index contributed by atoms with van der Waals surface area (Å²) in [6.07, 6.45) is 6.12. The first kappa shape index (κ1) is 9.71. The molecule has 3 nitrogen and oxygen atoms in total. The predicted octanol–water partition coefficient (Wildman–Crippen LogP) is 0.773. The van der Waals surface area contributed by atoms with E-state index < -0.39 is 0 Å². The van der Waals surface area contributed by atoms with E-state index in [4.69, 9.17) is 0 Å². The van der Waals surface area contributed by atoms with Gasteiger partial charge < -0.3 is 10.2 Å². The highest BCUT2D eigenvalue weighted by atomic mass is 16.2. The fourth-order valence-electron chi connectivity index (χ4n) is 2.22. The third-order valence-electron chi connectivity index (χ3n) is 3.14. The van der Waals surface area contributed by atoms with Gasteiger partial charge in [-0.05, 0) is 19.8 Å². The smallest absolute Gasteiger partial charge is 0.226 e. The minimum absolute atomic E-state index is 0.232. The molecule has 1 N–H and O–H groups in total. The highest BCUT2D eigenvalue weighted by molar-refractivity contribution is 5.80. The molecule has 1 atom stereocenters. The second kappa shape index (κ2) is 4.13. The van der Waals surface area contributed by atoms with Gasteiger partial charge in [0.05, 0.1) is 0 Å². The summed E-state index contributed by atoms with van der Waals surface area (Å²) in [5.74, 6) is 0.583. The lowest BCUT2D eigenvalue weighted by atomic mass is 10.0. The highest BCUT2D eigenvalue weighted by Gasteiger charge is 2.29. The molecule has 3 heteroatoms. The molecule has 1 saturated heterocycles. The fourth-order valence-corrected chi connectivity index (χ4v) is 2.22. The summed E-state index contributed by atoms with van der Waals surface area (Å²) >= 11 is 0. The van der Waals surface area contributed by atoms with Gasteiger partial charge in [0.25, 0.3) is 0 Å². The Morgan fingerprint density at radius 3 is 2.79 bits per heavy atom. The molecular weight excluding hydrogens is 176 g/mol. The molecule has 78 valence electrons. The molecule has 1 heterocycles. The molecule has 0 radical (unpaired) electrons. The van der Waals surface area contributed by atoms with Crippen LogP contribution in [0, 0.1) is 5.92 Å². The Morgan fingerprint density at radius 2 is 2.14 bits per heavy atom.